The van der Waals surface area contributed by atoms with E-state index in [-0.39, 0.29) is 0 Å². The molecule has 1 aliphatic heterocycles. The van der Waals surface area contributed by atoms with Gasteiger partial charge >= 0.3 is 0 Å². The van der Waals surface area contributed by atoms with Gasteiger partial charge in [0.15, 0.2) is 0 Å². The number of hydrogen-bond donors (Lipinski definition) is 0. The van der Waals surface area contributed by atoms with Crippen molar-refractivity contribution >= 4 is 0 Å². The highest BCUT2D eigenvalue weighted by Crippen LogP contribution is 2.19. The van der Waals surface area contributed by atoms with Crippen LogP contribution in [0.4, 0.5) is 0 Å². The first-order chi connectivity index (χ1) is 6.79. The molecule has 1 aliphatic rings. The highest BCUT2D eigenvalue weighted by atomic mass is 15.2. The van der Waals surface area contributed by atoms with Gasteiger partial charge in [-0.1, -0.05) is 25.1 Å². The summed E-state index contributed by atoms with van der Waals surface area (Å²) in [7, 11) is 0. The lowest BCUT2D eigenvalue weighted by molar-refractivity contribution is 0.105. The van der Waals surface area contributed by atoms with Gasteiger partial charge in [-0.3, -0.25) is 4.90 Å². The molecule has 2 heteroatoms. The van der Waals surface area contributed by atoms with Gasteiger partial charge in [0.1, 0.15) is 0 Å². The fourth-order valence-electron chi connectivity index (χ4n) is 1.97. The molecule has 0 aromatic heterocycles. The van der Waals surface area contributed by atoms with E-state index in [1.165, 1.54) is 13.1 Å². The Labute approximate surface area is 84.8 Å². The molecule has 0 unspecified atom stereocenters. The van der Waals surface area contributed by atoms with Crippen LogP contribution in [0.5, 0.6) is 0 Å². The first kappa shape index (κ1) is 9.23. The topological polar surface area (TPSA) is 27.0 Å². The van der Waals surface area contributed by atoms with Crippen molar-refractivity contribution in [3.05, 3.63) is 35.4 Å². The van der Waals surface area contributed by atoms with Gasteiger partial charge in [0, 0.05) is 19.6 Å². The predicted molar refractivity (Wildman–Crippen MR) is 55.6 cm³/mol. The molecule has 1 saturated heterocycles. The number of nitriles is 1. The van der Waals surface area contributed by atoms with E-state index in [2.05, 4.69) is 17.9 Å². The molecule has 1 aromatic rings. The van der Waals surface area contributed by atoms with Crippen molar-refractivity contribution in [3.8, 4) is 6.07 Å². The third-order valence-corrected chi connectivity index (χ3v) is 2.67. The highest BCUT2D eigenvalue weighted by Gasteiger charge is 2.22. The van der Waals surface area contributed by atoms with E-state index in [1.54, 1.807) is 0 Å². The Morgan fingerprint density at radius 3 is 2.79 bits per heavy atom. The van der Waals surface area contributed by atoms with Crippen molar-refractivity contribution in [2.45, 2.75) is 13.5 Å². The van der Waals surface area contributed by atoms with Gasteiger partial charge in [-0.2, -0.15) is 5.26 Å². The summed E-state index contributed by atoms with van der Waals surface area (Å²) in [5.41, 5.74) is 1.97. The lowest BCUT2D eigenvalue weighted by Crippen LogP contribution is -2.44. The van der Waals surface area contributed by atoms with Crippen LogP contribution >= 0.6 is 0 Å². The van der Waals surface area contributed by atoms with Gasteiger partial charge in [-0.25, -0.2) is 0 Å². The lowest BCUT2D eigenvalue weighted by Gasteiger charge is -2.37. The van der Waals surface area contributed by atoms with Crippen molar-refractivity contribution in [2.75, 3.05) is 13.1 Å². The molecular weight excluding hydrogens is 172 g/mol. The SMILES string of the molecule is CC1CN(Cc2ccccc2C#N)C1. The minimum absolute atomic E-state index is 0.812. The maximum absolute atomic E-state index is 8.91. The maximum Gasteiger partial charge on any atom is 0.0995 e. The fraction of sp³-hybridized carbons (Fsp3) is 0.417. The van der Waals surface area contributed by atoms with Crippen LogP contribution in [0, 0.1) is 17.2 Å². The van der Waals surface area contributed by atoms with Gasteiger partial charge in [-0.05, 0) is 17.5 Å². The van der Waals surface area contributed by atoms with Gasteiger partial charge < -0.3 is 0 Å². The fourth-order valence-corrected chi connectivity index (χ4v) is 1.97. The molecule has 0 aliphatic carbocycles. The second kappa shape index (κ2) is 3.81. The minimum Gasteiger partial charge on any atom is -0.298 e. The molecule has 1 aromatic carbocycles. The molecule has 0 spiro atoms. The monoisotopic (exact) mass is 186 g/mol. The van der Waals surface area contributed by atoms with Gasteiger partial charge in [0.05, 0.1) is 11.6 Å². The van der Waals surface area contributed by atoms with Crippen molar-refractivity contribution in [3.63, 3.8) is 0 Å². The van der Waals surface area contributed by atoms with Gasteiger partial charge in [-0.15, -0.1) is 0 Å². The van der Waals surface area contributed by atoms with E-state index in [9.17, 15) is 0 Å². The summed E-state index contributed by atoms with van der Waals surface area (Å²) >= 11 is 0. The summed E-state index contributed by atoms with van der Waals surface area (Å²) in [6.07, 6.45) is 0. The van der Waals surface area contributed by atoms with Crippen LogP contribution in [0.25, 0.3) is 0 Å². The smallest absolute Gasteiger partial charge is 0.0995 e. The minimum atomic E-state index is 0.812. The van der Waals surface area contributed by atoms with E-state index < -0.39 is 0 Å². The first-order valence-electron chi connectivity index (χ1n) is 5.00. The van der Waals surface area contributed by atoms with Crippen LogP contribution in [-0.2, 0) is 6.54 Å². The summed E-state index contributed by atoms with van der Waals surface area (Å²) in [6.45, 7) is 5.51. The van der Waals surface area contributed by atoms with Crippen LogP contribution in [0.1, 0.15) is 18.1 Å². The van der Waals surface area contributed by atoms with E-state index >= 15 is 0 Å². The normalized spacial score (nSPS) is 17.4. The Balaban J connectivity index is 2.06. The molecule has 0 amide bonds. The Kier molecular flexibility index (Phi) is 2.51. The first-order valence-corrected chi connectivity index (χ1v) is 5.00. The van der Waals surface area contributed by atoms with Crippen molar-refractivity contribution < 1.29 is 0 Å². The Morgan fingerprint density at radius 2 is 2.14 bits per heavy atom. The van der Waals surface area contributed by atoms with Crippen molar-refractivity contribution in [1.82, 2.24) is 4.90 Å². The van der Waals surface area contributed by atoms with Gasteiger partial charge in [0.25, 0.3) is 0 Å². The number of likely N-dealkylation sites (tertiary alicyclic amines) is 1. The van der Waals surface area contributed by atoms with Crippen LogP contribution in [0.15, 0.2) is 24.3 Å². The molecule has 0 atom stereocenters. The van der Waals surface area contributed by atoms with E-state index in [0.717, 1.165) is 23.6 Å². The predicted octanol–water partition coefficient (Wildman–Crippen LogP) is 2.01. The molecular formula is C12H14N2. The van der Waals surface area contributed by atoms with Crippen molar-refractivity contribution in [1.29, 1.82) is 5.26 Å². The Hall–Kier alpha value is -1.33. The van der Waals surface area contributed by atoms with E-state index in [0.29, 0.717) is 0 Å². The van der Waals surface area contributed by atoms with E-state index in [1.807, 2.05) is 24.3 Å². The molecule has 0 saturated carbocycles. The molecule has 0 bridgehead atoms. The van der Waals surface area contributed by atoms with Crippen molar-refractivity contribution in [2.24, 2.45) is 5.92 Å². The summed E-state index contributed by atoms with van der Waals surface area (Å²) in [5.74, 6) is 0.823. The number of benzene rings is 1. The van der Waals surface area contributed by atoms with E-state index in [4.69, 9.17) is 5.26 Å². The largest absolute Gasteiger partial charge is 0.298 e. The molecule has 1 heterocycles. The Bertz CT molecular complexity index is 359. The molecule has 1 fully saturated rings. The van der Waals surface area contributed by atoms with Crippen LogP contribution in [0.2, 0.25) is 0 Å². The van der Waals surface area contributed by atoms with Gasteiger partial charge in [0.2, 0.25) is 0 Å². The zero-order chi connectivity index (χ0) is 9.97. The molecule has 72 valence electrons. The average molecular weight is 186 g/mol. The molecule has 0 radical (unpaired) electrons. The summed E-state index contributed by atoms with van der Waals surface area (Å²) in [4.78, 5) is 2.38. The number of rotatable bonds is 2. The molecule has 0 N–H and O–H groups in total. The number of nitrogens with zero attached hydrogens (tertiary/aromatic N) is 2. The summed E-state index contributed by atoms with van der Waals surface area (Å²) in [6, 6.07) is 10.1. The second-order valence-corrected chi connectivity index (χ2v) is 4.07. The second-order valence-electron chi connectivity index (χ2n) is 4.07. The molecule has 14 heavy (non-hydrogen) atoms. The highest BCUT2D eigenvalue weighted by molar-refractivity contribution is 5.37. The Morgan fingerprint density at radius 1 is 1.43 bits per heavy atom. The third-order valence-electron chi connectivity index (χ3n) is 2.67. The quantitative estimate of drug-likeness (QED) is 0.706. The molecule has 2 nitrogen and oxygen atoms in total. The summed E-state index contributed by atoms with van der Waals surface area (Å²) < 4.78 is 0. The number of hydrogen-bond acceptors (Lipinski definition) is 2. The standard InChI is InChI=1S/C12H14N2/c1-10-7-14(8-10)9-12-5-3-2-4-11(12)6-13/h2-5,10H,7-9H2,1H3. The zero-order valence-corrected chi connectivity index (χ0v) is 8.40. The molecule has 2 rings (SSSR count). The average Bonchev–Trinajstić information content (AvgIpc) is 2.16. The van der Waals surface area contributed by atoms with Crippen LogP contribution in [0.3, 0.4) is 0 Å². The maximum atomic E-state index is 8.91. The zero-order valence-electron chi connectivity index (χ0n) is 8.40. The van der Waals surface area contributed by atoms with Crippen LogP contribution in [-0.4, -0.2) is 18.0 Å². The third kappa shape index (κ3) is 1.78. The van der Waals surface area contributed by atoms with Crippen LogP contribution < -0.4 is 0 Å². The lowest BCUT2D eigenvalue weighted by atomic mass is 10.0. The summed E-state index contributed by atoms with van der Waals surface area (Å²) in [5, 5.41) is 8.91.